The number of benzene rings is 2. The molecule has 1 unspecified atom stereocenters. The van der Waals surface area contributed by atoms with E-state index in [1.165, 1.54) is 0 Å². The fourth-order valence-corrected chi connectivity index (χ4v) is 3.21. The van der Waals surface area contributed by atoms with Crippen LogP contribution in [-0.2, 0) is 0 Å². The molecule has 162 valence electrons. The number of rotatable bonds is 7. The zero-order chi connectivity index (χ0) is 22.5. The average Bonchev–Trinajstić information content (AvgIpc) is 2.75. The zero-order valence-electron chi connectivity index (χ0n) is 17.6. The molecule has 0 saturated carbocycles. The molecular weight excluding hydrogens is 418 g/mol. The molecule has 3 rings (SSSR count). The normalized spacial score (nSPS) is 12.0. The lowest BCUT2D eigenvalue weighted by molar-refractivity contribution is 0.0941. The van der Waals surface area contributed by atoms with Crippen molar-refractivity contribution in [1.29, 1.82) is 0 Å². The zero-order valence-corrected chi connectivity index (χ0v) is 18.3. The van der Waals surface area contributed by atoms with Crippen LogP contribution in [0.1, 0.15) is 29.0 Å². The minimum Gasteiger partial charge on any atom is -0.349 e. The summed E-state index contributed by atoms with van der Waals surface area (Å²) >= 11 is 5.96. The van der Waals surface area contributed by atoms with Gasteiger partial charge in [-0.15, -0.1) is 0 Å². The highest BCUT2D eigenvalue weighted by Crippen LogP contribution is 2.15. The second kappa shape index (κ2) is 9.72. The van der Waals surface area contributed by atoms with Crippen LogP contribution in [0, 0.1) is 0 Å². The first kappa shape index (κ1) is 22.5. The molecule has 1 heterocycles. The van der Waals surface area contributed by atoms with Crippen LogP contribution in [0.3, 0.4) is 0 Å². The topological polar surface area (TPSA) is 89.2 Å². The molecule has 1 N–H and O–H groups in total. The molecule has 31 heavy (non-hydrogen) atoms. The predicted octanol–water partition coefficient (Wildman–Crippen LogP) is 1.95. The molecule has 1 aromatic heterocycles. The van der Waals surface area contributed by atoms with Crippen LogP contribution in [0.4, 0.5) is 0 Å². The Bertz CT molecular complexity index is 1170. The van der Waals surface area contributed by atoms with E-state index < -0.39 is 23.2 Å². The monoisotopic (exact) mass is 441 g/mol. The molecule has 9 heteroatoms. The summed E-state index contributed by atoms with van der Waals surface area (Å²) in [5.41, 5.74) is -0.584. The van der Waals surface area contributed by atoms with Crippen molar-refractivity contribution < 1.29 is 4.79 Å². The summed E-state index contributed by atoms with van der Waals surface area (Å²) in [5, 5.41) is 7.29. The van der Waals surface area contributed by atoms with E-state index in [0.29, 0.717) is 23.8 Å². The minimum atomic E-state index is -0.742. The van der Waals surface area contributed by atoms with Gasteiger partial charge in [0, 0.05) is 18.1 Å². The van der Waals surface area contributed by atoms with Gasteiger partial charge >= 0.3 is 5.69 Å². The Hall–Kier alpha value is -3.23. The third kappa shape index (κ3) is 5.10. The van der Waals surface area contributed by atoms with E-state index in [1.807, 2.05) is 49.3 Å². The number of nitrogens with zero attached hydrogens (tertiary/aromatic N) is 4. The Morgan fingerprint density at radius 1 is 1.10 bits per heavy atom. The van der Waals surface area contributed by atoms with Crippen LogP contribution in [0.5, 0.6) is 0 Å². The fraction of sp³-hybridized carbons (Fsp3) is 0.273. The summed E-state index contributed by atoms with van der Waals surface area (Å²) in [6, 6.07) is 15.0. The van der Waals surface area contributed by atoms with Crippen LogP contribution in [0.25, 0.3) is 5.69 Å². The van der Waals surface area contributed by atoms with Gasteiger partial charge in [-0.05, 0) is 50.8 Å². The average molecular weight is 442 g/mol. The molecule has 0 fully saturated rings. The van der Waals surface area contributed by atoms with Gasteiger partial charge in [0.25, 0.3) is 11.5 Å². The second-order valence-electron chi connectivity index (χ2n) is 7.34. The largest absolute Gasteiger partial charge is 0.352 e. The number of hydrogen-bond donors (Lipinski definition) is 1. The van der Waals surface area contributed by atoms with Gasteiger partial charge in [-0.1, -0.05) is 41.9 Å². The molecule has 0 aliphatic heterocycles. The van der Waals surface area contributed by atoms with Crippen LogP contribution < -0.4 is 16.6 Å². The highest BCUT2D eigenvalue weighted by molar-refractivity contribution is 6.30. The summed E-state index contributed by atoms with van der Waals surface area (Å²) in [7, 11) is 3.75. The minimum absolute atomic E-state index is 0.335. The summed E-state index contributed by atoms with van der Waals surface area (Å²) < 4.78 is 2.11. The Morgan fingerprint density at radius 3 is 2.35 bits per heavy atom. The number of amides is 1. The number of halogens is 1. The first-order valence-corrected chi connectivity index (χ1v) is 10.2. The van der Waals surface area contributed by atoms with Crippen LogP contribution in [-0.4, -0.2) is 52.3 Å². The van der Waals surface area contributed by atoms with Gasteiger partial charge in [-0.2, -0.15) is 9.78 Å². The standard InChI is InChI=1S/C22H24ClN5O3/c1-15(16-7-5-4-6-8-16)27-21(30)19(20(29)24-13-14-26(2)3)25-28(22(27)31)18-11-9-17(23)10-12-18/h4-12,15H,13-14H2,1-3H3,(H,24,29). The summed E-state index contributed by atoms with van der Waals surface area (Å²) in [6.07, 6.45) is 0. The maximum Gasteiger partial charge on any atom is 0.352 e. The van der Waals surface area contributed by atoms with E-state index in [4.69, 9.17) is 11.6 Å². The Labute approximate surface area is 184 Å². The number of carbonyl (C=O) groups is 1. The molecule has 0 saturated heterocycles. The van der Waals surface area contributed by atoms with Gasteiger partial charge in [0.2, 0.25) is 5.69 Å². The Balaban J connectivity index is 2.15. The van der Waals surface area contributed by atoms with Crippen molar-refractivity contribution in [3.63, 3.8) is 0 Å². The molecule has 1 atom stereocenters. The lowest BCUT2D eigenvalue weighted by atomic mass is 10.1. The van der Waals surface area contributed by atoms with Gasteiger partial charge in [0.15, 0.2) is 0 Å². The lowest BCUT2D eigenvalue weighted by Crippen LogP contribution is -2.47. The van der Waals surface area contributed by atoms with Crippen LogP contribution in [0.15, 0.2) is 64.2 Å². The van der Waals surface area contributed by atoms with E-state index in [2.05, 4.69) is 10.4 Å². The Morgan fingerprint density at radius 2 is 1.74 bits per heavy atom. The number of aromatic nitrogens is 3. The van der Waals surface area contributed by atoms with Crippen molar-refractivity contribution >= 4 is 17.5 Å². The highest BCUT2D eigenvalue weighted by Gasteiger charge is 2.23. The van der Waals surface area contributed by atoms with Gasteiger partial charge in [0.05, 0.1) is 11.7 Å². The number of hydrogen-bond acceptors (Lipinski definition) is 5. The summed E-state index contributed by atoms with van der Waals surface area (Å²) in [5.74, 6) is -0.636. The maximum atomic E-state index is 13.3. The maximum absolute atomic E-state index is 13.3. The quantitative estimate of drug-likeness (QED) is 0.605. The van der Waals surface area contributed by atoms with E-state index in [-0.39, 0.29) is 5.69 Å². The number of nitrogens with one attached hydrogen (secondary N) is 1. The number of likely N-dealkylation sites (N-methyl/N-ethyl adjacent to an activating group) is 1. The molecule has 0 aliphatic carbocycles. The molecule has 2 aromatic carbocycles. The third-order valence-corrected chi connectivity index (χ3v) is 5.06. The smallest absolute Gasteiger partial charge is 0.349 e. The van der Waals surface area contributed by atoms with E-state index in [0.717, 1.165) is 14.8 Å². The lowest BCUT2D eigenvalue weighted by Gasteiger charge is -2.18. The van der Waals surface area contributed by atoms with Crippen molar-refractivity contribution in [2.75, 3.05) is 27.2 Å². The molecule has 0 aliphatic rings. The summed E-state index contributed by atoms with van der Waals surface area (Å²) in [6.45, 7) is 2.66. The van der Waals surface area contributed by atoms with Crippen molar-refractivity contribution in [2.45, 2.75) is 13.0 Å². The van der Waals surface area contributed by atoms with Crippen molar-refractivity contribution in [1.82, 2.24) is 24.6 Å². The van der Waals surface area contributed by atoms with Gasteiger partial charge in [-0.25, -0.2) is 9.36 Å². The van der Waals surface area contributed by atoms with Crippen molar-refractivity contribution in [3.8, 4) is 5.69 Å². The predicted molar refractivity (Wildman–Crippen MR) is 120 cm³/mol. The molecule has 1 amide bonds. The van der Waals surface area contributed by atoms with E-state index >= 15 is 0 Å². The first-order valence-electron chi connectivity index (χ1n) is 9.79. The summed E-state index contributed by atoms with van der Waals surface area (Å²) in [4.78, 5) is 41.1. The van der Waals surface area contributed by atoms with Gasteiger partial charge in [-0.3, -0.25) is 9.59 Å². The van der Waals surface area contributed by atoms with Gasteiger partial charge in [0.1, 0.15) is 0 Å². The molecule has 0 spiro atoms. The highest BCUT2D eigenvalue weighted by atomic mass is 35.5. The van der Waals surface area contributed by atoms with Crippen molar-refractivity contribution in [3.05, 3.63) is 91.7 Å². The van der Waals surface area contributed by atoms with Gasteiger partial charge < -0.3 is 10.2 Å². The van der Waals surface area contributed by atoms with E-state index in [9.17, 15) is 14.4 Å². The third-order valence-electron chi connectivity index (χ3n) is 4.81. The van der Waals surface area contributed by atoms with Crippen LogP contribution in [0.2, 0.25) is 5.02 Å². The fourth-order valence-electron chi connectivity index (χ4n) is 3.08. The SMILES string of the molecule is CC(c1ccccc1)n1c(=O)c(C(=O)NCCN(C)C)nn(-c2ccc(Cl)cc2)c1=O. The molecule has 0 radical (unpaired) electrons. The van der Waals surface area contributed by atoms with Crippen LogP contribution >= 0.6 is 11.6 Å². The van der Waals surface area contributed by atoms with E-state index in [1.54, 1.807) is 31.2 Å². The first-order chi connectivity index (χ1) is 14.8. The second-order valence-corrected chi connectivity index (χ2v) is 7.78. The van der Waals surface area contributed by atoms with Crippen molar-refractivity contribution in [2.24, 2.45) is 0 Å². The molecular formula is C22H24ClN5O3. The molecule has 3 aromatic rings. The molecule has 8 nitrogen and oxygen atoms in total. The Kier molecular flexibility index (Phi) is 7.04. The number of carbonyl (C=O) groups excluding carboxylic acids is 1. The molecule has 0 bridgehead atoms.